The van der Waals surface area contributed by atoms with Crippen molar-refractivity contribution in [2.75, 3.05) is 5.32 Å². The maximum atomic E-state index is 12.5. The first-order valence-electron chi connectivity index (χ1n) is 9.74. The average Bonchev–Trinajstić information content (AvgIpc) is 2.65. The topological polar surface area (TPSA) is 90.7 Å². The number of hydrogen-bond acceptors (Lipinski definition) is 5. The second-order valence-corrected chi connectivity index (χ2v) is 6.82. The van der Waals surface area contributed by atoms with Gasteiger partial charge in [-0.05, 0) is 18.9 Å². The summed E-state index contributed by atoms with van der Waals surface area (Å²) in [5, 5.41) is 15.1. The Bertz CT molecular complexity index is 596. The molecule has 26 heavy (non-hydrogen) atoms. The molecule has 6 heteroatoms. The SMILES string of the molecule is N#C/C(=C/Nc1ncccn1)C(=O)NC1CCCCCCCCCCC1. The van der Waals surface area contributed by atoms with Gasteiger partial charge in [0.15, 0.2) is 0 Å². The molecule has 2 N–H and O–H groups in total. The van der Waals surface area contributed by atoms with E-state index in [0.29, 0.717) is 5.95 Å². The Morgan fingerprint density at radius 3 is 2.08 bits per heavy atom. The van der Waals surface area contributed by atoms with Gasteiger partial charge in [-0.1, -0.05) is 57.8 Å². The molecule has 0 aromatic carbocycles. The predicted molar refractivity (Wildman–Crippen MR) is 102 cm³/mol. The number of aromatic nitrogens is 2. The zero-order chi connectivity index (χ0) is 18.5. The van der Waals surface area contributed by atoms with Crippen LogP contribution in [0.2, 0.25) is 0 Å². The van der Waals surface area contributed by atoms with Crippen LogP contribution in [0.5, 0.6) is 0 Å². The van der Waals surface area contributed by atoms with Crippen LogP contribution in [0.3, 0.4) is 0 Å². The van der Waals surface area contributed by atoms with Crippen LogP contribution >= 0.6 is 0 Å². The molecule has 0 aliphatic heterocycles. The molecule has 0 saturated heterocycles. The van der Waals surface area contributed by atoms with Crippen molar-refractivity contribution in [3.63, 3.8) is 0 Å². The quantitative estimate of drug-likeness (QED) is 0.627. The van der Waals surface area contributed by atoms with E-state index in [9.17, 15) is 10.1 Å². The zero-order valence-electron chi connectivity index (χ0n) is 15.4. The third kappa shape index (κ3) is 7.64. The molecule has 2 rings (SSSR count). The minimum atomic E-state index is -0.326. The van der Waals surface area contributed by atoms with Gasteiger partial charge in [-0.2, -0.15) is 5.26 Å². The van der Waals surface area contributed by atoms with Crippen LogP contribution in [-0.2, 0) is 4.79 Å². The summed E-state index contributed by atoms with van der Waals surface area (Å²) in [6.45, 7) is 0. The van der Waals surface area contributed by atoms with Crippen molar-refractivity contribution >= 4 is 11.9 Å². The molecule has 0 spiro atoms. The second-order valence-electron chi connectivity index (χ2n) is 6.82. The number of carbonyl (C=O) groups is 1. The maximum absolute atomic E-state index is 12.5. The molecular formula is C20H29N5O. The van der Waals surface area contributed by atoms with Crippen molar-refractivity contribution in [3.8, 4) is 6.07 Å². The van der Waals surface area contributed by atoms with Crippen molar-refractivity contribution in [1.29, 1.82) is 5.26 Å². The Morgan fingerprint density at radius 2 is 1.54 bits per heavy atom. The second kappa shape index (κ2) is 12.0. The number of nitrogens with one attached hydrogen (secondary N) is 2. The van der Waals surface area contributed by atoms with Gasteiger partial charge in [0.25, 0.3) is 5.91 Å². The van der Waals surface area contributed by atoms with E-state index >= 15 is 0 Å². The lowest BCUT2D eigenvalue weighted by atomic mass is 9.98. The van der Waals surface area contributed by atoms with Gasteiger partial charge in [0, 0.05) is 24.6 Å². The van der Waals surface area contributed by atoms with Crippen molar-refractivity contribution in [1.82, 2.24) is 15.3 Å². The average molecular weight is 355 g/mol. The van der Waals surface area contributed by atoms with E-state index in [1.54, 1.807) is 18.5 Å². The number of amides is 1. The van der Waals surface area contributed by atoms with E-state index < -0.39 is 0 Å². The fourth-order valence-electron chi connectivity index (χ4n) is 3.23. The van der Waals surface area contributed by atoms with Gasteiger partial charge in [0.1, 0.15) is 11.6 Å². The highest BCUT2D eigenvalue weighted by Crippen LogP contribution is 2.17. The normalized spacial score (nSPS) is 18.0. The molecule has 1 aliphatic carbocycles. The minimum Gasteiger partial charge on any atom is -0.349 e. The van der Waals surface area contributed by atoms with Crippen LogP contribution < -0.4 is 10.6 Å². The lowest BCUT2D eigenvalue weighted by Gasteiger charge is -2.19. The summed E-state index contributed by atoms with van der Waals surface area (Å²) in [6.07, 6.45) is 17.8. The van der Waals surface area contributed by atoms with Crippen LogP contribution in [0.15, 0.2) is 30.2 Å². The first kappa shape index (κ1) is 19.9. The molecule has 140 valence electrons. The summed E-state index contributed by atoms with van der Waals surface area (Å²) in [4.78, 5) is 20.5. The Hall–Kier alpha value is -2.42. The van der Waals surface area contributed by atoms with Crippen LogP contribution in [0.4, 0.5) is 5.95 Å². The number of rotatable bonds is 4. The van der Waals surface area contributed by atoms with E-state index in [-0.39, 0.29) is 17.5 Å². The van der Waals surface area contributed by atoms with Gasteiger partial charge in [-0.3, -0.25) is 4.79 Å². The molecule has 1 aromatic heterocycles. The van der Waals surface area contributed by atoms with Gasteiger partial charge in [0.05, 0.1) is 0 Å². The Kier molecular flexibility index (Phi) is 9.20. The minimum absolute atomic E-state index is 0.0450. The first-order chi connectivity index (χ1) is 12.8. The zero-order valence-corrected chi connectivity index (χ0v) is 15.4. The van der Waals surface area contributed by atoms with Crippen LogP contribution in [0.25, 0.3) is 0 Å². The molecule has 0 bridgehead atoms. The number of nitriles is 1. The van der Waals surface area contributed by atoms with E-state index in [2.05, 4.69) is 20.6 Å². The Balaban J connectivity index is 1.89. The molecule has 1 aliphatic rings. The summed E-state index contributed by atoms with van der Waals surface area (Å²) in [7, 11) is 0. The fourth-order valence-corrected chi connectivity index (χ4v) is 3.23. The highest BCUT2D eigenvalue weighted by Gasteiger charge is 2.16. The van der Waals surface area contributed by atoms with E-state index in [4.69, 9.17) is 0 Å². The highest BCUT2D eigenvalue weighted by molar-refractivity contribution is 5.97. The van der Waals surface area contributed by atoms with Gasteiger partial charge >= 0.3 is 0 Å². The van der Waals surface area contributed by atoms with E-state index in [1.165, 1.54) is 51.1 Å². The van der Waals surface area contributed by atoms with Gasteiger partial charge in [-0.25, -0.2) is 9.97 Å². The molecule has 0 unspecified atom stereocenters. The molecule has 0 radical (unpaired) electrons. The molecule has 1 fully saturated rings. The number of hydrogen-bond donors (Lipinski definition) is 2. The largest absolute Gasteiger partial charge is 0.349 e. The molecule has 6 nitrogen and oxygen atoms in total. The lowest BCUT2D eigenvalue weighted by molar-refractivity contribution is -0.117. The summed E-state index contributed by atoms with van der Waals surface area (Å²) in [5.41, 5.74) is 0.0450. The molecule has 1 heterocycles. The van der Waals surface area contributed by atoms with Gasteiger partial charge in [-0.15, -0.1) is 0 Å². The summed E-state index contributed by atoms with van der Waals surface area (Å²) < 4.78 is 0. The first-order valence-corrected chi connectivity index (χ1v) is 9.74. The fraction of sp³-hybridized carbons (Fsp3) is 0.600. The summed E-state index contributed by atoms with van der Waals surface area (Å²) >= 11 is 0. The standard InChI is InChI=1S/C20H29N5O/c21-15-17(16-24-20-22-13-10-14-23-20)19(26)25-18-11-8-6-4-2-1-3-5-7-9-12-18/h10,13-14,16,18H,1-9,11-12H2,(H,25,26)(H,22,23,24)/b17-16-. The molecule has 1 amide bonds. The van der Waals surface area contributed by atoms with Crippen LogP contribution in [-0.4, -0.2) is 21.9 Å². The predicted octanol–water partition coefficient (Wildman–Crippen LogP) is 4.09. The van der Waals surface area contributed by atoms with Gasteiger partial charge < -0.3 is 10.6 Å². The van der Waals surface area contributed by atoms with Crippen LogP contribution in [0, 0.1) is 11.3 Å². The summed E-state index contributed by atoms with van der Waals surface area (Å²) in [5.74, 6) is 0.0343. The third-order valence-electron chi connectivity index (χ3n) is 4.72. The van der Waals surface area contributed by atoms with Crippen molar-refractivity contribution in [2.24, 2.45) is 0 Å². The number of anilines is 1. The lowest BCUT2D eigenvalue weighted by Crippen LogP contribution is -2.35. The maximum Gasteiger partial charge on any atom is 0.263 e. The summed E-state index contributed by atoms with van der Waals surface area (Å²) in [6, 6.07) is 3.81. The molecule has 1 aromatic rings. The van der Waals surface area contributed by atoms with Crippen molar-refractivity contribution < 1.29 is 4.79 Å². The monoisotopic (exact) mass is 355 g/mol. The van der Waals surface area contributed by atoms with Gasteiger partial charge in [0.2, 0.25) is 5.95 Å². The Labute approximate surface area is 156 Å². The molecule has 0 atom stereocenters. The smallest absolute Gasteiger partial charge is 0.263 e. The molecular weight excluding hydrogens is 326 g/mol. The highest BCUT2D eigenvalue weighted by atomic mass is 16.1. The molecule has 1 saturated carbocycles. The Morgan fingerprint density at radius 1 is 1.00 bits per heavy atom. The number of nitrogens with zero attached hydrogens (tertiary/aromatic N) is 3. The van der Waals surface area contributed by atoms with E-state index in [0.717, 1.165) is 25.7 Å². The van der Waals surface area contributed by atoms with E-state index in [1.807, 2.05) is 6.07 Å². The van der Waals surface area contributed by atoms with Crippen molar-refractivity contribution in [3.05, 3.63) is 30.2 Å². The van der Waals surface area contributed by atoms with Crippen molar-refractivity contribution in [2.45, 2.75) is 76.7 Å². The number of carbonyl (C=O) groups excluding carboxylic acids is 1. The third-order valence-corrected chi connectivity index (χ3v) is 4.72. The van der Waals surface area contributed by atoms with Crippen LogP contribution in [0.1, 0.15) is 70.6 Å².